The number of nitro groups is 1. The van der Waals surface area contributed by atoms with Crippen LogP contribution < -0.4 is 4.74 Å². The number of carboxylic acids is 1. The highest BCUT2D eigenvalue weighted by atomic mass is 16.7. The van der Waals surface area contributed by atoms with E-state index < -0.39 is 17.2 Å². The van der Waals surface area contributed by atoms with Crippen LogP contribution in [0.1, 0.15) is 55.8 Å². The van der Waals surface area contributed by atoms with Gasteiger partial charge in [-0.1, -0.05) is 6.92 Å². The molecule has 27 heavy (non-hydrogen) atoms. The molecule has 1 atom stereocenters. The topological polar surface area (TPSA) is 98.9 Å². The summed E-state index contributed by atoms with van der Waals surface area (Å²) in [7, 11) is 0. The van der Waals surface area contributed by atoms with E-state index in [1.807, 2.05) is 6.92 Å². The number of aromatic carboxylic acids is 1. The lowest BCUT2D eigenvalue weighted by Crippen LogP contribution is -2.50. The van der Waals surface area contributed by atoms with Gasteiger partial charge in [0.25, 0.3) is 0 Å². The largest absolute Gasteiger partial charge is 0.478 e. The molecule has 1 aromatic rings. The summed E-state index contributed by atoms with van der Waals surface area (Å²) >= 11 is 0. The molecule has 0 aliphatic heterocycles. The van der Waals surface area contributed by atoms with Crippen LogP contribution in [0.15, 0.2) is 18.2 Å². The number of nitrogens with zero attached hydrogens (tertiary/aromatic N) is 1. The molecule has 1 N–H and O–H groups in total. The van der Waals surface area contributed by atoms with E-state index in [2.05, 4.69) is 0 Å². The van der Waals surface area contributed by atoms with Crippen molar-refractivity contribution in [3.63, 3.8) is 0 Å². The maximum absolute atomic E-state index is 11.3. The molecule has 7 nitrogen and oxygen atoms in total. The second-order valence-electron chi connectivity index (χ2n) is 8.23. The van der Waals surface area contributed by atoms with Gasteiger partial charge in [0, 0.05) is 18.6 Å². The smallest absolute Gasteiger partial charge is 0.335 e. The van der Waals surface area contributed by atoms with Crippen molar-refractivity contribution in [3.05, 3.63) is 33.9 Å². The highest BCUT2D eigenvalue weighted by Gasteiger charge is 2.49. The van der Waals surface area contributed by atoms with Gasteiger partial charge in [0.05, 0.1) is 16.6 Å². The lowest BCUT2D eigenvalue weighted by molar-refractivity contribution is -0.386. The quantitative estimate of drug-likeness (QED) is 0.434. The molecule has 4 aliphatic rings. The van der Waals surface area contributed by atoms with Gasteiger partial charge in [-0.15, -0.1) is 0 Å². The molecule has 0 radical (unpaired) electrons. The number of ether oxygens (including phenoxy) is 2. The molecule has 1 aromatic carbocycles. The fraction of sp³-hybridized carbons (Fsp3) is 0.650. The molecule has 4 aliphatic carbocycles. The molecule has 1 unspecified atom stereocenters. The molecule has 5 rings (SSSR count). The average molecular weight is 375 g/mol. The highest BCUT2D eigenvalue weighted by Crippen LogP contribution is 2.55. The Hall–Kier alpha value is -2.15. The van der Waals surface area contributed by atoms with Gasteiger partial charge in [-0.2, -0.15) is 0 Å². The van der Waals surface area contributed by atoms with Gasteiger partial charge in [0.1, 0.15) is 0 Å². The van der Waals surface area contributed by atoms with Crippen molar-refractivity contribution in [2.75, 3.05) is 0 Å². The predicted molar refractivity (Wildman–Crippen MR) is 96.7 cm³/mol. The first-order chi connectivity index (χ1) is 12.9. The van der Waals surface area contributed by atoms with Gasteiger partial charge < -0.3 is 14.6 Å². The molecule has 4 saturated carbocycles. The Labute approximate surface area is 157 Å². The summed E-state index contributed by atoms with van der Waals surface area (Å²) in [6.45, 7) is 1.91. The number of benzene rings is 1. The van der Waals surface area contributed by atoms with Crippen molar-refractivity contribution in [1.82, 2.24) is 0 Å². The van der Waals surface area contributed by atoms with Crippen LogP contribution in [0.2, 0.25) is 0 Å². The number of nitro benzene ring substituents is 1. The Morgan fingerprint density at radius 1 is 1.22 bits per heavy atom. The standard InChI is InChI=1S/C20H25NO6/c1-2-18(26-17-10-13(20(22)23)3-4-16(17)21(24)25)27-19-14-6-11-5-12(8-14)9-15(19)7-11/h3-4,10-12,14-15,18-19H,2,5-9H2,1H3,(H,22,23). The van der Waals surface area contributed by atoms with Gasteiger partial charge in [0.2, 0.25) is 5.75 Å². The van der Waals surface area contributed by atoms with E-state index in [1.54, 1.807) is 0 Å². The van der Waals surface area contributed by atoms with E-state index in [1.165, 1.54) is 50.3 Å². The minimum Gasteiger partial charge on any atom is -0.478 e. The van der Waals surface area contributed by atoms with Crippen LogP contribution >= 0.6 is 0 Å². The van der Waals surface area contributed by atoms with Gasteiger partial charge in [0.15, 0.2) is 6.29 Å². The molecule has 7 heteroatoms. The molecular formula is C20H25NO6. The summed E-state index contributed by atoms with van der Waals surface area (Å²) in [5, 5.41) is 20.5. The zero-order valence-electron chi connectivity index (χ0n) is 15.4. The summed E-state index contributed by atoms with van der Waals surface area (Å²) < 4.78 is 12.1. The SMILES string of the molecule is CCC(Oc1cc(C(=O)O)ccc1[N+](=O)[O-])OC1C2CC3CC(C2)CC1C3. The monoisotopic (exact) mass is 375 g/mol. The van der Waals surface area contributed by atoms with Crippen LogP contribution in [0.25, 0.3) is 0 Å². The normalized spacial score (nSPS) is 32.3. The van der Waals surface area contributed by atoms with Gasteiger partial charge in [-0.3, -0.25) is 10.1 Å². The molecule has 0 amide bonds. The van der Waals surface area contributed by atoms with E-state index in [4.69, 9.17) is 9.47 Å². The lowest BCUT2D eigenvalue weighted by atomic mass is 9.55. The summed E-state index contributed by atoms with van der Waals surface area (Å²) in [6.07, 6.45) is 6.27. The van der Waals surface area contributed by atoms with Gasteiger partial charge in [-0.05, 0) is 61.8 Å². The Balaban J connectivity index is 1.51. The van der Waals surface area contributed by atoms with Gasteiger partial charge >= 0.3 is 11.7 Å². The number of hydrogen-bond acceptors (Lipinski definition) is 5. The molecule has 0 spiro atoms. The van der Waals surface area contributed by atoms with Crippen LogP contribution in [0.4, 0.5) is 5.69 Å². The van der Waals surface area contributed by atoms with E-state index in [-0.39, 0.29) is 23.1 Å². The van der Waals surface area contributed by atoms with Crippen LogP contribution in [0.3, 0.4) is 0 Å². The molecular weight excluding hydrogens is 350 g/mol. The van der Waals surface area contributed by atoms with Crippen LogP contribution in [-0.2, 0) is 4.74 Å². The average Bonchev–Trinajstić information content (AvgIpc) is 2.62. The molecule has 0 aromatic heterocycles. The third kappa shape index (κ3) is 3.52. The Bertz CT molecular complexity index is 720. The number of hydrogen-bond donors (Lipinski definition) is 1. The maximum atomic E-state index is 11.3. The van der Waals surface area contributed by atoms with E-state index in [9.17, 15) is 20.0 Å². The van der Waals surface area contributed by atoms with E-state index >= 15 is 0 Å². The fourth-order valence-corrected chi connectivity index (χ4v) is 5.51. The fourth-order valence-electron chi connectivity index (χ4n) is 5.51. The first-order valence-corrected chi connectivity index (χ1v) is 9.78. The Morgan fingerprint density at radius 2 is 1.85 bits per heavy atom. The summed E-state index contributed by atoms with van der Waals surface area (Å²) in [5.41, 5.74) is -0.285. The number of carbonyl (C=O) groups is 1. The first kappa shape index (κ1) is 18.2. The third-order valence-electron chi connectivity index (χ3n) is 6.44. The summed E-state index contributed by atoms with van der Waals surface area (Å²) in [5.74, 6) is 1.59. The zero-order valence-corrected chi connectivity index (χ0v) is 15.4. The van der Waals surface area contributed by atoms with Crippen molar-refractivity contribution in [3.8, 4) is 5.75 Å². The molecule has 0 saturated heterocycles. The zero-order chi connectivity index (χ0) is 19.1. The molecule has 4 fully saturated rings. The van der Waals surface area contributed by atoms with Crippen molar-refractivity contribution >= 4 is 11.7 Å². The predicted octanol–water partition coefficient (Wildman–Crippen LogP) is 4.25. The third-order valence-corrected chi connectivity index (χ3v) is 6.44. The molecule has 146 valence electrons. The second kappa shape index (κ2) is 7.11. The first-order valence-electron chi connectivity index (χ1n) is 9.78. The Kier molecular flexibility index (Phi) is 4.80. The second-order valence-corrected chi connectivity index (χ2v) is 8.23. The van der Waals surface area contributed by atoms with Crippen LogP contribution in [0, 0.1) is 33.8 Å². The lowest BCUT2D eigenvalue weighted by Gasteiger charge is -2.54. The van der Waals surface area contributed by atoms with E-state index in [0.717, 1.165) is 11.8 Å². The Morgan fingerprint density at radius 3 is 2.37 bits per heavy atom. The van der Waals surface area contributed by atoms with Crippen molar-refractivity contribution in [2.45, 2.75) is 57.8 Å². The molecule has 4 bridgehead atoms. The van der Waals surface area contributed by atoms with Crippen molar-refractivity contribution < 1.29 is 24.3 Å². The highest BCUT2D eigenvalue weighted by molar-refractivity contribution is 5.88. The minimum atomic E-state index is -1.15. The van der Waals surface area contributed by atoms with Crippen LogP contribution in [0.5, 0.6) is 5.75 Å². The van der Waals surface area contributed by atoms with Gasteiger partial charge in [-0.25, -0.2) is 4.79 Å². The summed E-state index contributed by atoms with van der Waals surface area (Å²) in [4.78, 5) is 22.0. The van der Waals surface area contributed by atoms with E-state index in [0.29, 0.717) is 18.3 Å². The van der Waals surface area contributed by atoms with Crippen molar-refractivity contribution in [1.29, 1.82) is 0 Å². The van der Waals surface area contributed by atoms with Crippen molar-refractivity contribution in [2.24, 2.45) is 23.7 Å². The number of rotatable bonds is 7. The maximum Gasteiger partial charge on any atom is 0.335 e. The summed E-state index contributed by atoms with van der Waals surface area (Å²) in [6, 6.07) is 3.60. The molecule has 0 heterocycles. The minimum absolute atomic E-state index is 0.0416. The number of carboxylic acid groups (broad SMARTS) is 1. The van der Waals surface area contributed by atoms with Crippen LogP contribution in [-0.4, -0.2) is 28.4 Å².